The highest BCUT2D eigenvalue weighted by molar-refractivity contribution is 7.92. The Bertz CT molecular complexity index is 1260. The maximum Gasteiger partial charge on any atom is 0.257 e. The van der Waals surface area contributed by atoms with Crippen molar-refractivity contribution in [3.63, 3.8) is 0 Å². The van der Waals surface area contributed by atoms with Gasteiger partial charge < -0.3 is 0 Å². The summed E-state index contributed by atoms with van der Waals surface area (Å²) in [6, 6.07) is 10.3. The van der Waals surface area contributed by atoms with Gasteiger partial charge in [-0.2, -0.15) is 0 Å². The Hall–Kier alpha value is -2.30. The van der Waals surface area contributed by atoms with Crippen LogP contribution in [0.1, 0.15) is 24.2 Å². The van der Waals surface area contributed by atoms with E-state index < -0.39 is 30.8 Å². The first kappa shape index (κ1) is 20.4. The first-order chi connectivity index (χ1) is 13.0. The van der Waals surface area contributed by atoms with Gasteiger partial charge in [-0.25, -0.2) is 21.8 Å². The number of amides is 1. The minimum Gasteiger partial charge on any atom is -0.298 e. The van der Waals surface area contributed by atoms with Crippen molar-refractivity contribution in [1.29, 1.82) is 0 Å². The van der Waals surface area contributed by atoms with Gasteiger partial charge in [0.1, 0.15) is 0 Å². The molecule has 0 aliphatic carbocycles. The lowest BCUT2D eigenvalue weighted by molar-refractivity contribution is 0.102. The van der Waals surface area contributed by atoms with Gasteiger partial charge in [-0.1, -0.05) is 11.3 Å². The summed E-state index contributed by atoms with van der Waals surface area (Å²) in [5.74, 6) is -0.434. The number of carbonyl (C=O) groups excluding carboxylic acids is 1. The van der Waals surface area contributed by atoms with Gasteiger partial charge in [0, 0.05) is 11.8 Å². The van der Waals surface area contributed by atoms with Gasteiger partial charge in [0.05, 0.1) is 25.3 Å². The topological polar surface area (TPSA) is 110 Å². The number of carbonyl (C=O) groups is 1. The van der Waals surface area contributed by atoms with Gasteiger partial charge in [-0.05, 0) is 56.3 Å². The van der Waals surface area contributed by atoms with Crippen molar-refractivity contribution in [1.82, 2.24) is 4.98 Å². The van der Waals surface area contributed by atoms with Crippen molar-refractivity contribution in [3.8, 4) is 0 Å². The molecule has 0 unspecified atom stereocenters. The van der Waals surface area contributed by atoms with Crippen LogP contribution in [0.2, 0.25) is 0 Å². The largest absolute Gasteiger partial charge is 0.298 e. The molecular weight excluding hydrogens is 420 g/mol. The first-order valence-electron chi connectivity index (χ1n) is 8.24. The summed E-state index contributed by atoms with van der Waals surface area (Å²) in [5.41, 5.74) is 0.866. The third kappa shape index (κ3) is 4.08. The zero-order valence-corrected chi connectivity index (χ0v) is 17.8. The van der Waals surface area contributed by atoms with Crippen LogP contribution in [0.25, 0.3) is 10.2 Å². The number of nitrogens with zero attached hydrogens (tertiary/aromatic N) is 1. The molecule has 0 fully saturated rings. The predicted molar refractivity (Wildman–Crippen MR) is 109 cm³/mol. The van der Waals surface area contributed by atoms with Gasteiger partial charge in [0.25, 0.3) is 5.91 Å². The minimum atomic E-state index is -3.40. The third-order valence-electron chi connectivity index (χ3n) is 4.07. The van der Waals surface area contributed by atoms with Crippen LogP contribution < -0.4 is 5.32 Å². The highest BCUT2D eigenvalue weighted by Gasteiger charge is 2.19. The molecule has 1 aromatic heterocycles. The average Bonchev–Trinajstić information content (AvgIpc) is 3.02. The molecule has 7 nitrogen and oxygen atoms in total. The molecule has 148 valence electrons. The Balaban J connectivity index is 1.83. The van der Waals surface area contributed by atoms with Gasteiger partial charge in [0.15, 0.2) is 24.8 Å². The third-order valence-corrected chi connectivity index (χ3v) is 8.29. The number of thiazole rings is 1. The fourth-order valence-electron chi connectivity index (χ4n) is 2.43. The molecule has 0 aliphatic heterocycles. The summed E-state index contributed by atoms with van der Waals surface area (Å²) >= 11 is 1.16. The lowest BCUT2D eigenvalue weighted by Gasteiger charge is -2.08. The fourth-order valence-corrected chi connectivity index (χ4v) is 5.11. The van der Waals surface area contributed by atoms with Crippen molar-refractivity contribution < 1.29 is 21.6 Å². The molecule has 1 heterocycles. The van der Waals surface area contributed by atoms with Crippen LogP contribution in [0.4, 0.5) is 5.13 Å². The first-order valence-corrected chi connectivity index (χ1v) is 12.5. The van der Waals surface area contributed by atoms with Crippen LogP contribution in [0, 0.1) is 0 Å². The summed E-state index contributed by atoms with van der Waals surface area (Å²) in [5, 5.41) is 2.43. The molecule has 3 rings (SSSR count). The number of hydrogen-bond acceptors (Lipinski definition) is 7. The number of hydrogen-bond donors (Lipinski definition) is 1. The second-order valence-electron chi connectivity index (χ2n) is 6.49. The number of fused-ring (bicyclic) bond motifs is 1. The molecule has 0 spiro atoms. The Kier molecular flexibility index (Phi) is 5.30. The number of sulfone groups is 2. The van der Waals surface area contributed by atoms with Crippen molar-refractivity contribution in [2.24, 2.45) is 0 Å². The lowest BCUT2D eigenvalue weighted by Crippen LogP contribution is -2.15. The van der Waals surface area contributed by atoms with E-state index >= 15 is 0 Å². The van der Waals surface area contributed by atoms with Crippen LogP contribution in [-0.4, -0.2) is 39.2 Å². The maximum atomic E-state index is 12.4. The maximum absolute atomic E-state index is 12.4. The summed E-state index contributed by atoms with van der Waals surface area (Å²) in [6.07, 6.45) is 1.13. The van der Waals surface area contributed by atoms with Crippen LogP contribution in [-0.2, 0) is 19.7 Å². The molecule has 3 aromatic rings. The summed E-state index contributed by atoms with van der Waals surface area (Å²) in [7, 11) is -6.73. The molecule has 0 radical (unpaired) electrons. The predicted octanol–water partition coefficient (Wildman–Crippen LogP) is 3.13. The Labute approximate surface area is 167 Å². The van der Waals surface area contributed by atoms with Crippen molar-refractivity contribution in [3.05, 3.63) is 48.0 Å². The van der Waals surface area contributed by atoms with E-state index in [0.717, 1.165) is 17.6 Å². The van der Waals surface area contributed by atoms with Gasteiger partial charge >= 0.3 is 0 Å². The SMILES string of the molecule is CC(C)S(=O)(=O)c1ccc(C(=O)Nc2nc3ccc(S(C)(=O)=O)cc3s2)cc1. The van der Waals surface area contributed by atoms with Gasteiger partial charge in [-0.3, -0.25) is 10.1 Å². The molecule has 1 amide bonds. The summed E-state index contributed by atoms with van der Waals surface area (Å²) in [4.78, 5) is 17.0. The van der Waals surface area contributed by atoms with E-state index in [2.05, 4.69) is 10.3 Å². The second kappa shape index (κ2) is 7.26. The second-order valence-corrected chi connectivity index (χ2v) is 12.0. The average molecular weight is 439 g/mol. The number of rotatable bonds is 5. The summed E-state index contributed by atoms with van der Waals surface area (Å²) < 4.78 is 48.3. The monoisotopic (exact) mass is 438 g/mol. The quantitative estimate of drug-likeness (QED) is 0.655. The molecule has 0 aliphatic rings. The molecule has 2 aromatic carbocycles. The van der Waals surface area contributed by atoms with Crippen molar-refractivity contribution in [2.45, 2.75) is 28.9 Å². The number of aromatic nitrogens is 1. The van der Waals surface area contributed by atoms with Gasteiger partial charge in [0.2, 0.25) is 0 Å². The van der Waals surface area contributed by atoms with Crippen molar-refractivity contribution >= 4 is 52.3 Å². The molecular formula is C18H18N2O5S3. The van der Waals surface area contributed by atoms with E-state index in [1.165, 1.54) is 36.4 Å². The van der Waals surface area contributed by atoms with E-state index in [1.54, 1.807) is 19.9 Å². The van der Waals surface area contributed by atoms with Crippen LogP contribution >= 0.6 is 11.3 Å². The molecule has 28 heavy (non-hydrogen) atoms. The Morgan fingerprint density at radius 1 is 1.00 bits per heavy atom. The Morgan fingerprint density at radius 3 is 2.18 bits per heavy atom. The van der Waals surface area contributed by atoms with Crippen LogP contribution in [0.3, 0.4) is 0 Å². The minimum absolute atomic E-state index is 0.160. The molecule has 1 N–H and O–H groups in total. The van der Waals surface area contributed by atoms with E-state index in [4.69, 9.17) is 0 Å². The molecule has 0 saturated heterocycles. The lowest BCUT2D eigenvalue weighted by atomic mass is 10.2. The van der Waals surface area contributed by atoms with Crippen LogP contribution in [0.15, 0.2) is 52.3 Å². The Morgan fingerprint density at radius 2 is 1.61 bits per heavy atom. The molecule has 10 heteroatoms. The van der Waals surface area contributed by atoms with Gasteiger partial charge in [-0.15, -0.1) is 0 Å². The standard InChI is InChI=1S/C18H18N2O5S3/c1-11(2)28(24,25)13-6-4-12(5-7-13)17(21)20-18-19-15-9-8-14(27(3,22)23)10-16(15)26-18/h4-11H,1-3H3,(H,19,20,21). The zero-order valence-electron chi connectivity index (χ0n) is 15.3. The molecule has 0 bridgehead atoms. The normalized spacial score (nSPS) is 12.4. The van der Waals surface area contributed by atoms with Crippen molar-refractivity contribution in [2.75, 3.05) is 11.6 Å². The van der Waals surface area contributed by atoms with Crippen LogP contribution in [0.5, 0.6) is 0 Å². The number of benzene rings is 2. The molecule has 0 saturated carbocycles. The smallest absolute Gasteiger partial charge is 0.257 e. The van der Waals surface area contributed by atoms with E-state index in [-0.39, 0.29) is 9.79 Å². The molecule has 0 atom stereocenters. The number of nitrogens with one attached hydrogen (secondary N) is 1. The number of anilines is 1. The highest BCUT2D eigenvalue weighted by Crippen LogP contribution is 2.28. The fraction of sp³-hybridized carbons (Fsp3) is 0.222. The van der Waals surface area contributed by atoms with E-state index in [0.29, 0.717) is 20.9 Å². The highest BCUT2D eigenvalue weighted by atomic mass is 32.2. The summed E-state index contributed by atoms with van der Waals surface area (Å²) in [6.45, 7) is 3.19. The zero-order chi connectivity index (χ0) is 20.7. The van der Waals surface area contributed by atoms with E-state index in [1.807, 2.05) is 0 Å². The van der Waals surface area contributed by atoms with E-state index in [9.17, 15) is 21.6 Å².